The van der Waals surface area contributed by atoms with Crippen molar-refractivity contribution in [2.24, 2.45) is 0 Å². The topological polar surface area (TPSA) is 41.5 Å². The first-order valence-corrected chi connectivity index (χ1v) is 4.19. The zero-order chi connectivity index (χ0) is 9.84. The minimum absolute atomic E-state index is 0.760. The molecule has 72 valence electrons. The third-order valence-corrected chi connectivity index (χ3v) is 2.08. The molecule has 1 unspecified atom stereocenters. The van der Waals surface area contributed by atoms with Gasteiger partial charge in [-0.05, 0) is 30.5 Å². The van der Waals surface area contributed by atoms with Gasteiger partial charge in [0.1, 0.15) is 0 Å². The van der Waals surface area contributed by atoms with Gasteiger partial charge in [0.25, 0.3) is 0 Å². The number of hydrogen-bond donors (Lipinski definition) is 2. The van der Waals surface area contributed by atoms with Gasteiger partial charge in [-0.15, -0.1) is 0 Å². The van der Waals surface area contributed by atoms with Crippen LogP contribution in [-0.2, 0) is 4.84 Å². The van der Waals surface area contributed by atoms with Crippen molar-refractivity contribution in [1.29, 1.82) is 0 Å². The molecule has 0 aliphatic heterocycles. The van der Waals surface area contributed by atoms with E-state index in [1.165, 1.54) is 12.7 Å². The van der Waals surface area contributed by atoms with Crippen LogP contribution in [0.25, 0.3) is 0 Å². The quantitative estimate of drug-likeness (QED) is 0.547. The Kier molecular flexibility index (Phi) is 3.42. The minimum Gasteiger partial charge on any atom is -0.372 e. The van der Waals surface area contributed by atoms with Crippen molar-refractivity contribution >= 4 is 0 Å². The van der Waals surface area contributed by atoms with Crippen molar-refractivity contribution in [1.82, 2.24) is 5.48 Å². The highest BCUT2D eigenvalue weighted by Crippen LogP contribution is 2.14. The summed E-state index contributed by atoms with van der Waals surface area (Å²) in [7, 11) is 1.48. The van der Waals surface area contributed by atoms with E-state index >= 15 is 0 Å². The summed E-state index contributed by atoms with van der Waals surface area (Å²) in [5.41, 5.74) is 5.65. The summed E-state index contributed by atoms with van der Waals surface area (Å²) in [4.78, 5) is 4.63. The average Bonchev–Trinajstić information content (AvgIpc) is 2.10. The summed E-state index contributed by atoms with van der Waals surface area (Å²) in [6, 6.07) is 5.79. The number of aliphatic hydroxyl groups excluding tert-OH is 1. The van der Waals surface area contributed by atoms with Gasteiger partial charge < -0.3 is 9.94 Å². The molecule has 0 fully saturated rings. The first-order chi connectivity index (χ1) is 6.15. The fourth-order valence-corrected chi connectivity index (χ4v) is 1.11. The van der Waals surface area contributed by atoms with Crippen molar-refractivity contribution in [2.75, 3.05) is 7.11 Å². The summed E-state index contributed by atoms with van der Waals surface area (Å²) in [6.45, 7) is 4.05. The van der Waals surface area contributed by atoms with Gasteiger partial charge >= 0.3 is 0 Å². The molecule has 0 aliphatic rings. The van der Waals surface area contributed by atoms with Crippen LogP contribution in [0.3, 0.4) is 0 Å². The van der Waals surface area contributed by atoms with Crippen LogP contribution in [0, 0.1) is 13.8 Å². The molecule has 0 saturated heterocycles. The maximum Gasteiger partial charge on any atom is 0.152 e. The monoisotopic (exact) mass is 181 g/mol. The van der Waals surface area contributed by atoms with Gasteiger partial charge in [-0.1, -0.05) is 18.2 Å². The van der Waals surface area contributed by atoms with Crippen molar-refractivity contribution in [2.45, 2.75) is 20.1 Å². The van der Waals surface area contributed by atoms with Gasteiger partial charge in [0, 0.05) is 0 Å². The van der Waals surface area contributed by atoms with Crippen molar-refractivity contribution < 1.29 is 9.94 Å². The molecule has 0 saturated carbocycles. The minimum atomic E-state index is -0.760. The van der Waals surface area contributed by atoms with Gasteiger partial charge in [-0.25, -0.2) is 0 Å². The SMILES string of the molecule is CONC(O)c1ccc(C)c(C)c1. The molecule has 3 heteroatoms. The van der Waals surface area contributed by atoms with E-state index in [0.29, 0.717) is 0 Å². The fourth-order valence-electron chi connectivity index (χ4n) is 1.11. The second kappa shape index (κ2) is 4.37. The Morgan fingerprint density at radius 3 is 2.54 bits per heavy atom. The number of nitrogens with one attached hydrogen (secondary N) is 1. The van der Waals surface area contributed by atoms with E-state index < -0.39 is 6.23 Å². The molecule has 1 rings (SSSR count). The lowest BCUT2D eigenvalue weighted by Crippen LogP contribution is -2.19. The number of aliphatic hydroxyl groups is 1. The summed E-state index contributed by atoms with van der Waals surface area (Å²) in [5.74, 6) is 0. The molecule has 1 atom stereocenters. The van der Waals surface area contributed by atoms with E-state index in [9.17, 15) is 5.11 Å². The molecule has 1 aromatic carbocycles. The van der Waals surface area contributed by atoms with Crippen LogP contribution in [0.1, 0.15) is 22.9 Å². The lowest BCUT2D eigenvalue weighted by Gasteiger charge is -2.12. The average molecular weight is 181 g/mol. The predicted octanol–water partition coefficient (Wildman–Crippen LogP) is 1.45. The first-order valence-electron chi connectivity index (χ1n) is 4.19. The molecule has 0 heterocycles. The fraction of sp³-hybridized carbons (Fsp3) is 0.400. The number of aryl methyl sites for hydroxylation is 2. The smallest absolute Gasteiger partial charge is 0.152 e. The van der Waals surface area contributed by atoms with Crippen LogP contribution in [0.2, 0.25) is 0 Å². The maximum atomic E-state index is 9.50. The number of benzene rings is 1. The summed E-state index contributed by atoms with van der Waals surface area (Å²) in [6.07, 6.45) is -0.760. The third kappa shape index (κ3) is 2.52. The predicted molar refractivity (Wildman–Crippen MR) is 51.0 cm³/mol. The highest BCUT2D eigenvalue weighted by molar-refractivity contribution is 5.30. The van der Waals surface area contributed by atoms with Gasteiger partial charge in [0.2, 0.25) is 0 Å². The molecular weight excluding hydrogens is 166 g/mol. The summed E-state index contributed by atoms with van der Waals surface area (Å²) >= 11 is 0. The maximum absolute atomic E-state index is 9.50. The highest BCUT2D eigenvalue weighted by Gasteiger charge is 2.06. The summed E-state index contributed by atoms with van der Waals surface area (Å²) < 4.78 is 0. The molecule has 1 aromatic rings. The second-order valence-corrected chi connectivity index (χ2v) is 3.07. The largest absolute Gasteiger partial charge is 0.372 e. The molecule has 3 nitrogen and oxygen atoms in total. The molecule has 2 N–H and O–H groups in total. The Labute approximate surface area is 78.3 Å². The van der Waals surface area contributed by atoms with Crippen LogP contribution >= 0.6 is 0 Å². The van der Waals surface area contributed by atoms with Crippen LogP contribution in [0.4, 0.5) is 0 Å². The van der Waals surface area contributed by atoms with E-state index in [4.69, 9.17) is 0 Å². The molecule has 0 spiro atoms. The number of rotatable bonds is 3. The normalized spacial score (nSPS) is 12.9. The van der Waals surface area contributed by atoms with E-state index in [2.05, 4.69) is 10.3 Å². The Morgan fingerprint density at radius 1 is 1.31 bits per heavy atom. The van der Waals surface area contributed by atoms with Gasteiger partial charge in [-0.3, -0.25) is 0 Å². The van der Waals surface area contributed by atoms with Crippen LogP contribution in [0.15, 0.2) is 18.2 Å². The first kappa shape index (κ1) is 10.2. The highest BCUT2D eigenvalue weighted by atomic mass is 16.7. The van der Waals surface area contributed by atoms with Gasteiger partial charge in [0.05, 0.1) is 7.11 Å². The van der Waals surface area contributed by atoms with E-state index in [0.717, 1.165) is 11.1 Å². The molecule has 0 bridgehead atoms. The Hall–Kier alpha value is -0.900. The van der Waals surface area contributed by atoms with Gasteiger partial charge in [0.15, 0.2) is 6.23 Å². The summed E-state index contributed by atoms with van der Waals surface area (Å²) in [5, 5.41) is 9.50. The Morgan fingerprint density at radius 2 is 2.00 bits per heavy atom. The van der Waals surface area contributed by atoms with Gasteiger partial charge in [-0.2, -0.15) is 5.48 Å². The molecule has 0 aromatic heterocycles. The van der Waals surface area contributed by atoms with Crippen molar-refractivity contribution in [3.8, 4) is 0 Å². The zero-order valence-corrected chi connectivity index (χ0v) is 8.16. The molecular formula is C10H15NO2. The Bertz CT molecular complexity index is 286. The Balaban J connectivity index is 2.84. The van der Waals surface area contributed by atoms with Crippen LogP contribution in [0.5, 0.6) is 0 Å². The lowest BCUT2D eigenvalue weighted by molar-refractivity contribution is -0.0320. The zero-order valence-electron chi connectivity index (χ0n) is 8.16. The third-order valence-electron chi connectivity index (χ3n) is 2.08. The lowest BCUT2D eigenvalue weighted by atomic mass is 10.1. The molecule has 0 amide bonds. The van der Waals surface area contributed by atoms with Crippen LogP contribution in [-0.4, -0.2) is 12.2 Å². The van der Waals surface area contributed by atoms with Crippen molar-refractivity contribution in [3.63, 3.8) is 0 Å². The van der Waals surface area contributed by atoms with Crippen molar-refractivity contribution in [3.05, 3.63) is 34.9 Å². The van der Waals surface area contributed by atoms with E-state index in [-0.39, 0.29) is 0 Å². The molecule has 0 radical (unpaired) electrons. The standard InChI is InChI=1S/C10H15NO2/c1-7-4-5-9(6-8(7)2)10(12)11-13-3/h4-6,10-12H,1-3H3. The number of hydroxylamine groups is 1. The van der Waals surface area contributed by atoms with E-state index in [1.807, 2.05) is 32.0 Å². The number of hydrogen-bond acceptors (Lipinski definition) is 3. The second-order valence-electron chi connectivity index (χ2n) is 3.07. The van der Waals surface area contributed by atoms with E-state index in [1.54, 1.807) is 0 Å². The molecule has 13 heavy (non-hydrogen) atoms. The molecule has 0 aliphatic carbocycles. The van der Waals surface area contributed by atoms with Crippen LogP contribution < -0.4 is 5.48 Å².